The maximum Gasteiger partial charge on any atom is 0.312 e. The lowest BCUT2D eigenvalue weighted by molar-refractivity contribution is -0.148. The Morgan fingerprint density at radius 2 is 1.88 bits per heavy atom. The summed E-state index contributed by atoms with van der Waals surface area (Å²) in [6.45, 7) is 0.480. The summed E-state index contributed by atoms with van der Waals surface area (Å²) in [7, 11) is 1.36. The van der Waals surface area contributed by atoms with Crippen molar-refractivity contribution in [1.82, 2.24) is 15.1 Å². The van der Waals surface area contributed by atoms with Gasteiger partial charge in [-0.25, -0.2) is 8.78 Å². The van der Waals surface area contributed by atoms with E-state index in [1.54, 1.807) is 4.90 Å². The fraction of sp³-hybridized carbons (Fsp3) is 0.824. The summed E-state index contributed by atoms with van der Waals surface area (Å²) >= 11 is 0. The van der Waals surface area contributed by atoms with Gasteiger partial charge >= 0.3 is 17.8 Å². The van der Waals surface area contributed by atoms with Crippen molar-refractivity contribution in [3.63, 3.8) is 0 Å². The number of nitrogens with zero attached hydrogens (tertiary/aromatic N) is 2. The Hall–Kier alpha value is -1.77. The number of esters is 1. The van der Waals surface area contributed by atoms with E-state index in [2.05, 4.69) is 10.1 Å². The van der Waals surface area contributed by atoms with E-state index in [-0.39, 0.29) is 30.6 Å². The quantitative estimate of drug-likeness (QED) is 0.538. The Labute approximate surface area is 151 Å². The summed E-state index contributed by atoms with van der Waals surface area (Å²) in [4.78, 5) is 38.9. The van der Waals surface area contributed by atoms with Gasteiger partial charge in [-0.2, -0.15) is 0 Å². The van der Waals surface area contributed by atoms with Crippen LogP contribution in [0.5, 0.6) is 0 Å². The van der Waals surface area contributed by atoms with Crippen molar-refractivity contribution in [2.75, 3.05) is 26.7 Å². The molecule has 2 heterocycles. The zero-order valence-corrected chi connectivity index (χ0v) is 14.8. The number of carbonyl (C=O) groups is 3. The monoisotopic (exact) mass is 373 g/mol. The van der Waals surface area contributed by atoms with Crippen LogP contribution in [-0.2, 0) is 19.1 Å². The molecule has 0 aromatic rings. The summed E-state index contributed by atoms with van der Waals surface area (Å²) < 4.78 is 29.6. The van der Waals surface area contributed by atoms with Crippen molar-refractivity contribution < 1.29 is 27.9 Å². The summed E-state index contributed by atoms with van der Waals surface area (Å²) in [5.74, 6) is -1.06. The second kappa shape index (κ2) is 7.85. The number of methoxy groups -OCH3 is 1. The van der Waals surface area contributed by atoms with Gasteiger partial charge in [0.15, 0.2) is 0 Å². The topological polar surface area (TPSA) is 78.9 Å². The Morgan fingerprint density at radius 3 is 2.46 bits per heavy atom. The third kappa shape index (κ3) is 4.13. The minimum Gasteiger partial charge on any atom is -0.469 e. The van der Waals surface area contributed by atoms with E-state index in [0.29, 0.717) is 31.8 Å². The van der Waals surface area contributed by atoms with Gasteiger partial charge in [0.1, 0.15) is 0 Å². The van der Waals surface area contributed by atoms with E-state index in [1.165, 1.54) is 12.0 Å². The number of hydrogen-bond donors (Lipinski definition) is 1. The lowest BCUT2D eigenvalue weighted by Gasteiger charge is -2.37. The molecule has 9 heteroatoms. The van der Waals surface area contributed by atoms with Crippen LogP contribution in [0.25, 0.3) is 0 Å². The molecule has 2 amide bonds. The predicted octanol–water partition coefficient (Wildman–Crippen LogP) is 0.385. The van der Waals surface area contributed by atoms with Crippen LogP contribution in [0.1, 0.15) is 32.1 Å². The molecule has 0 spiro atoms. The number of ether oxygens (including phenoxy) is 1. The standard InChI is InChI=1S/C17H25F2N3O4/c1-26-15(23)3-2-10-4-11(5-10)20-16(24)17(25)22-8-12-6-13(22)7-21(12)9-14(18)19/h10-14H,2-9H2,1H3,(H,20,24)/t10?,11?,12-,13-/m0/s1. The first kappa shape index (κ1) is 19.0. The van der Waals surface area contributed by atoms with Gasteiger partial charge in [-0.05, 0) is 31.6 Å². The van der Waals surface area contributed by atoms with Gasteiger partial charge in [0, 0.05) is 37.6 Å². The number of halogens is 2. The largest absolute Gasteiger partial charge is 0.469 e. The third-order valence-corrected chi connectivity index (χ3v) is 5.74. The first-order chi connectivity index (χ1) is 12.4. The van der Waals surface area contributed by atoms with Gasteiger partial charge in [-0.1, -0.05) is 0 Å². The van der Waals surface area contributed by atoms with E-state index < -0.39 is 18.2 Å². The van der Waals surface area contributed by atoms with Gasteiger partial charge in [0.2, 0.25) is 0 Å². The average Bonchev–Trinajstić information content (AvgIpc) is 3.14. The molecule has 0 radical (unpaired) electrons. The molecule has 2 atom stereocenters. The smallest absolute Gasteiger partial charge is 0.312 e. The molecule has 1 saturated carbocycles. The van der Waals surface area contributed by atoms with Crippen molar-refractivity contribution >= 4 is 17.8 Å². The number of carbonyl (C=O) groups excluding carboxylic acids is 3. The first-order valence-electron chi connectivity index (χ1n) is 9.07. The molecule has 1 aliphatic carbocycles. The highest BCUT2D eigenvalue weighted by atomic mass is 19.3. The minimum absolute atomic E-state index is 0.0378. The molecule has 3 fully saturated rings. The molecule has 146 valence electrons. The lowest BCUT2D eigenvalue weighted by Crippen LogP contribution is -2.55. The molecule has 1 N–H and O–H groups in total. The highest BCUT2D eigenvalue weighted by Crippen LogP contribution is 2.33. The molecule has 0 aromatic carbocycles. The fourth-order valence-corrected chi connectivity index (χ4v) is 4.29. The molecule has 7 nitrogen and oxygen atoms in total. The maximum absolute atomic E-state index is 12.5. The van der Waals surface area contributed by atoms with Crippen LogP contribution in [-0.4, -0.2) is 78.9 Å². The molecule has 0 unspecified atom stereocenters. The highest BCUT2D eigenvalue weighted by molar-refractivity contribution is 6.35. The zero-order chi connectivity index (χ0) is 18.8. The lowest BCUT2D eigenvalue weighted by atomic mass is 9.77. The van der Waals surface area contributed by atoms with E-state index >= 15 is 0 Å². The number of hydrogen-bond acceptors (Lipinski definition) is 5. The number of likely N-dealkylation sites (tertiary alicyclic amines) is 2. The number of nitrogens with one attached hydrogen (secondary N) is 1. The molecule has 0 aromatic heterocycles. The fourth-order valence-electron chi connectivity index (χ4n) is 4.29. The molecular formula is C17H25F2N3O4. The Balaban J connectivity index is 1.38. The van der Waals surface area contributed by atoms with Crippen LogP contribution in [0.3, 0.4) is 0 Å². The summed E-state index contributed by atoms with van der Waals surface area (Å²) in [6, 6.07) is -0.257. The molecule has 2 aliphatic heterocycles. The van der Waals surface area contributed by atoms with E-state index in [4.69, 9.17) is 0 Å². The molecule has 26 heavy (non-hydrogen) atoms. The highest BCUT2D eigenvalue weighted by Gasteiger charge is 2.47. The van der Waals surface area contributed by atoms with Crippen molar-refractivity contribution in [3.05, 3.63) is 0 Å². The first-order valence-corrected chi connectivity index (χ1v) is 9.07. The number of alkyl halides is 2. The van der Waals surface area contributed by atoms with E-state index in [1.807, 2.05) is 0 Å². The van der Waals surface area contributed by atoms with Crippen molar-refractivity contribution in [1.29, 1.82) is 0 Å². The number of fused-ring (bicyclic) bond motifs is 2. The number of piperazine rings is 1. The molecule has 2 bridgehead atoms. The van der Waals surface area contributed by atoms with E-state index in [9.17, 15) is 23.2 Å². The third-order valence-electron chi connectivity index (χ3n) is 5.74. The predicted molar refractivity (Wildman–Crippen MR) is 87.4 cm³/mol. The summed E-state index contributed by atoms with van der Waals surface area (Å²) in [6.07, 6.45) is 0.877. The van der Waals surface area contributed by atoms with Gasteiger partial charge in [0.05, 0.1) is 13.7 Å². The number of amides is 2. The zero-order valence-electron chi connectivity index (χ0n) is 14.8. The normalized spacial score (nSPS) is 30.4. The van der Waals surface area contributed by atoms with Crippen LogP contribution >= 0.6 is 0 Å². The van der Waals surface area contributed by atoms with Crippen LogP contribution < -0.4 is 5.32 Å². The maximum atomic E-state index is 12.5. The van der Waals surface area contributed by atoms with Crippen molar-refractivity contribution in [3.8, 4) is 0 Å². The van der Waals surface area contributed by atoms with Crippen molar-refractivity contribution in [2.24, 2.45) is 5.92 Å². The Kier molecular flexibility index (Phi) is 5.74. The summed E-state index contributed by atoms with van der Waals surface area (Å²) in [5.41, 5.74) is 0. The molecule has 3 rings (SSSR count). The Bertz CT molecular complexity index is 568. The van der Waals surface area contributed by atoms with Gasteiger partial charge in [-0.15, -0.1) is 0 Å². The van der Waals surface area contributed by atoms with Crippen LogP contribution in [0.15, 0.2) is 0 Å². The Morgan fingerprint density at radius 1 is 1.15 bits per heavy atom. The molecular weight excluding hydrogens is 348 g/mol. The number of rotatable bonds is 6. The second-order valence-corrected chi connectivity index (χ2v) is 7.47. The SMILES string of the molecule is COC(=O)CCC1CC(NC(=O)C(=O)N2C[C@@H]3C[C@H]2CN3CC(F)F)C1. The van der Waals surface area contributed by atoms with Crippen LogP contribution in [0.2, 0.25) is 0 Å². The summed E-state index contributed by atoms with van der Waals surface area (Å²) in [5, 5.41) is 2.75. The van der Waals surface area contributed by atoms with Crippen molar-refractivity contribution in [2.45, 2.75) is 56.7 Å². The van der Waals surface area contributed by atoms with Gasteiger partial charge in [0.25, 0.3) is 6.43 Å². The molecule has 2 saturated heterocycles. The van der Waals surface area contributed by atoms with Crippen LogP contribution in [0.4, 0.5) is 8.78 Å². The van der Waals surface area contributed by atoms with Gasteiger partial charge < -0.3 is 15.0 Å². The molecule has 3 aliphatic rings. The van der Waals surface area contributed by atoms with Gasteiger partial charge in [-0.3, -0.25) is 19.3 Å². The second-order valence-electron chi connectivity index (χ2n) is 7.47. The van der Waals surface area contributed by atoms with E-state index in [0.717, 1.165) is 19.3 Å². The average molecular weight is 373 g/mol. The minimum atomic E-state index is -2.38. The van der Waals surface area contributed by atoms with Crippen LogP contribution in [0, 0.1) is 5.92 Å².